The summed E-state index contributed by atoms with van der Waals surface area (Å²) in [5.41, 5.74) is 1.74. The van der Waals surface area contributed by atoms with Gasteiger partial charge >= 0.3 is 0 Å². The third-order valence-electron chi connectivity index (χ3n) is 2.24. The van der Waals surface area contributed by atoms with E-state index in [2.05, 4.69) is 22.5 Å². The SMILES string of the molecule is C=C(CBr)c1ccc(-c2ccc(F)cc2)o1. The molecule has 2 aromatic rings. The number of benzene rings is 1. The van der Waals surface area contributed by atoms with Crippen molar-refractivity contribution in [1.29, 1.82) is 0 Å². The highest BCUT2D eigenvalue weighted by Crippen LogP contribution is 2.26. The highest BCUT2D eigenvalue weighted by Gasteiger charge is 2.06. The van der Waals surface area contributed by atoms with Gasteiger partial charge in [-0.2, -0.15) is 0 Å². The van der Waals surface area contributed by atoms with Gasteiger partial charge in [-0.05, 0) is 42.0 Å². The largest absolute Gasteiger partial charge is 0.456 e. The van der Waals surface area contributed by atoms with Crippen LogP contribution in [0.1, 0.15) is 5.76 Å². The van der Waals surface area contributed by atoms with Gasteiger partial charge < -0.3 is 4.42 Å². The number of allylic oxidation sites excluding steroid dienone is 1. The molecule has 1 aromatic carbocycles. The van der Waals surface area contributed by atoms with E-state index >= 15 is 0 Å². The van der Waals surface area contributed by atoms with Crippen LogP contribution in [-0.4, -0.2) is 5.33 Å². The van der Waals surface area contributed by atoms with Crippen LogP contribution in [0.4, 0.5) is 4.39 Å². The van der Waals surface area contributed by atoms with E-state index in [0.717, 1.165) is 22.7 Å². The molecule has 82 valence electrons. The van der Waals surface area contributed by atoms with Crippen LogP contribution in [0, 0.1) is 5.82 Å². The van der Waals surface area contributed by atoms with Crippen LogP contribution in [0.5, 0.6) is 0 Å². The average molecular weight is 281 g/mol. The number of halogens is 2. The first-order chi connectivity index (χ1) is 7.70. The fraction of sp³-hybridized carbons (Fsp3) is 0.0769. The minimum atomic E-state index is -0.250. The van der Waals surface area contributed by atoms with E-state index in [4.69, 9.17) is 4.42 Å². The molecule has 0 radical (unpaired) electrons. The predicted octanol–water partition coefficient (Wildman–Crippen LogP) is 4.49. The number of alkyl halides is 1. The van der Waals surface area contributed by atoms with Gasteiger partial charge in [-0.3, -0.25) is 0 Å². The third kappa shape index (κ3) is 2.25. The molecule has 0 unspecified atom stereocenters. The maximum Gasteiger partial charge on any atom is 0.134 e. The van der Waals surface area contributed by atoms with Gasteiger partial charge in [0.1, 0.15) is 17.3 Å². The lowest BCUT2D eigenvalue weighted by Crippen LogP contribution is -1.78. The van der Waals surface area contributed by atoms with Crippen molar-refractivity contribution in [1.82, 2.24) is 0 Å². The Morgan fingerprint density at radius 3 is 2.50 bits per heavy atom. The molecule has 0 N–H and O–H groups in total. The standard InChI is InChI=1S/C13H10BrFO/c1-9(8-14)12-6-7-13(16-12)10-2-4-11(15)5-3-10/h2-7H,1,8H2. The van der Waals surface area contributed by atoms with Crippen molar-refractivity contribution in [3.8, 4) is 11.3 Å². The second-order valence-corrected chi connectivity index (χ2v) is 3.97. The quantitative estimate of drug-likeness (QED) is 0.755. The van der Waals surface area contributed by atoms with Crippen LogP contribution in [0.15, 0.2) is 47.4 Å². The molecule has 0 aliphatic carbocycles. The van der Waals surface area contributed by atoms with E-state index in [-0.39, 0.29) is 5.82 Å². The number of rotatable bonds is 3. The molecule has 0 fully saturated rings. The molecule has 0 aliphatic heterocycles. The molecule has 0 bridgehead atoms. The van der Waals surface area contributed by atoms with Gasteiger partial charge in [0.05, 0.1) is 0 Å². The molecular formula is C13H10BrFO. The Kier molecular flexibility index (Phi) is 3.25. The lowest BCUT2D eigenvalue weighted by molar-refractivity contribution is 0.567. The van der Waals surface area contributed by atoms with E-state index in [1.165, 1.54) is 12.1 Å². The van der Waals surface area contributed by atoms with E-state index in [9.17, 15) is 4.39 Å². The van der Waals surface area contributed by atoms with Crippen LogP contribution >= 0.6 is 15.9 Å². The zero-order valence-corrected chi connectivity index (χ0v) is 10.1. The Bertz CT molecular complexity index is 499. The highest BCUT2D eigenvalue weighted by atomic mass is 79.9. The first kappa shape index (κ1) is 11.1. The molecule has 0 saturated carbocycles. The van der Waals surface area contributed by atoms with Gasteiger partial charge in [-0.25, -0.2) is 4.39 Å². The normalized spacial score (nSPS) is 10.4. The van der Waals surface area contributed by atoms with Crippen LogP contribution in [-0.2, 0) is 0 Å². The Balaban J connectivity index is 2.31. The molecule has 1 nitrogen and oxygen atoms in total. The van der Waals surface area contributed by atoms with Crippen molar-refractivity contribution in [3.63, 3.8) is 0 Å². The zero-order valence-electron chi connectivity index (χ0n) is 8.54. The van der Waals surface area contributed by atoms with Crippen molar-refractivity contribution in [2.75, 3.05) is 5.33 Å². The summed E-state index contributed by atoms with van der Waals surface area (Å²) in [6.45, 7) is 3.86. The molecule has 1 aromatic heterocycles. The molecule has 1 heterocycles. The van der Waals surface area contributed by atoms with Crippen LogP contribution in [0.25, 0.3) is 16.9 Å². The van der Waals surface area contributed by atoms with E-state index in [1.807, 2.05) is 12.1 Å². The van der Waals surface area contributed by atoms with Gasteiger partial charge in [-0.1, -0.05) is 22.5 Å². The van der Waals surface area contributed by atoms with Gasteiger partial charge in [0, 0.05) is 10.9 Å². The van der Waals surface area contributed by atoms with Crippen LogP contribution in [0.2, 0.25) is 0 Å². The van der Waals surface area contributed by atoms with Gasteiger partial charge in [0.2, 0.25) is 0 Å². The monoisotopic (exact) mass is 280 g/mol. The summed E-state index contributed by atoms with van der Waals surface area (Å²) in [6, 6.07) is 9.93. The zero-order chi connectivity index (χ0) is 11.5. The van der Waals surface area contributed by atoms with Crippen molar-refractivity contribution in [2.45, 2.75) is 0 Å². The second-order valence-electron chi connectivity index (χ2n) is 3.41. The Morgan fingerprint density at radius 1 is 1.19 bits per heavy atom. The summed E-state index contributed by atoms with van der Waals surface area (Å²) < 4.78 is 18.3. The lowest BCUT2D eigenvalue weighted by atomic mass is 10.2. The maximum absolute atomic E-state index is 12.7. The van der Waals surface area contributed by atoms with Crippen molar-refractivity contribution in [2.24, 2.45) is 0 Å². The topological polar surface area (TPSA) is 13.1 Å². The molecule has 2 rings (SSSR count). The van der Waals surface area contributed by atoms with Gasteiger partial charge in [-0.15, -0.1) is 0 Å². The average Bonchev–Trinajstić information content (AvgIpc) is 2.78. The first-order valence-corrected chi connectivity index (χ1v) is 5.93. The van der Waals surface area contributed by atoms with Gasteiger partial charge in [0.25, 0.3) is 0 Å². The lowest BCUT2D eigenvalue weighted by Gasteiger charge is -1.98. The second kappa shape index (κ2) is 4.66. The summed E-state index contributed by atoms with van der Waals surface area (Å²) >= 11 is 3.32. The molecule has 0 aliphatic rings. The van der Waals surface area contributed by atoms with Crippen molar-refractivity contribution < 1.29 is 8.81 Å². The van der Waals surface area contributed by atoms with Crippen LogP contribution < -0.4 is 0 Å². The summed E-state index contributed by atoms with van der Waals surface area (Å²) in [6.07, 6.45) is 0. The van der Waals surface area contributed by atoms with E-state index < -0.39 is 0 Å². The number of hydrogen-bond acceptors (Lipinski definition) is 1. The third-order valence-corrected chi connectivity index (χ3v) is 2.92. The Labute approximate surface area is 102 Å². The Morgan fingerprint density at radius 2 is 1.88 bits per heavy atom. The van der Waals surface area contributed by atoms with Crippen molar-refractivity contribution >= 4 is 21.5 Å². The Hall–Kier alpha value is -1.35. The molecule has 0 atom stereocenters. The van der Waals surface area contributed by atoms with Crippen LogP contribution in [0.3, 0.4) is 0 Å². The minimum Gasteiger partial charge on any atom is -0.456 e. The smallest absolute Gasteiger partial charge is 0.134 e. The summed E-state index contributed by atoms with van der Waals surface area (Å²) in [4.78, 5) is 0. The number of hydrogen-bond donors (Lipinski definition) is 0. The maximum atomic E-state index is 12.7. The molecule has 0 saturated heterocycles. The van der Waals surface area contributed by atoms with E-state index in [0.29, 0.717) is 5.33 Å². The summed E-state index contributed by atoms with van der Waals surface area (Å²) in [7, 11) is 0. The predicted molar refractivity (Wildman–Crippen MR) is 66.9 cm³/mol. The molecule has 16 heavy (non-hydrogen) atoms. The molecule has 0 spiro atoms. The molecular weight excluding hydrogens is 271 g/mol. The van der Waals surface area contributed by atoms with Gasteiger partial charge in [0.15, 0.2) is 0 Å². The molecule has 0 amide bonds. The summed E-state index contributed by atoms with van der Waals surface area (Å²) in [5.74, 6) is 1.22. The fourth-order valence-electron chi connectivity index (χ4n) is 1.36. The molecule has 3 heteroatoms. The summed E-state index contributed by atoms with van der Waals surface area (Å²) in [5, 5.41) is 0.670. The first-order valence-electron chi connectivity index (χ1n) is 4.80. The highest BCUT2D eigenvalue weighted by molar-refractivity contribution is 9.09. The fourth-order valence-corrected chi connectivity index (χ4v) is 1.64. The minimum absolute atomic E-state index is 0.250. The number of furan rings is 1. The van der Waals surface area contributed by atoms with E-state index in [1.54, 1.807) is 12.1 Å². The van der Waals surface area contributed by atoms with Crippen molar-refractivity contribution in [3.05, 3.63) is 54.6 Å².